The van der Waals surface area contributed by atoms with E-state index in [2.05, 4.69) is 10.6 Å². The number of rotatable bonds is 10. The number of carbonyl (C=O) groups excluding carboxylic acids is 2. The fourth-order valence-corrected chi connectivity index (χ4v) is 4.47. The van der Waals surface area contributed by atoms with Gasteiger partial charge in [-0.25, -0.2) is 8.42 Å². The van der Waals surface area contributed by atoms with Crippen LogP contribution >= 0.6 is 11.6 Å². The van der Waals surface area contributed by atoms with Crippen molar-refractivity contribution in [2.75, 3.05) is 25.0 Å². The monoisotopic (exact) mass is 467 g/mol. The predicted octanol–water partition coefficient (Wildman–Crippen LogP) is 3.22. The zero-order valence-corrected chi connectivity index (χ0v) is 19.0. The lowest BCUT2D eigenvalue weighted by Gasteiger charge is -2.19. The molecule has 0 bridgehead atoms. The normalized spacial score (nSPS) is 11.4. The van der Waals surface area contributed by atoms with Gasteiger partial charge in [0.1, 0.15) is 5.75 Å². The molecule has 0 saturated carbocycles. The fraction of sp³-hybridized carbons (Fsp3) is 0.333. The zero-order valence-electron chi connectivity index (χ0n) is 17.4. The average Bonchev–Trinajstić information content (AvgIpc) is 2.73. The molecule has 31 heavy (non-hydrogen) atoms. The summed E-state index contributed by atoms with van der Waals surface area (Å²) in [4.78, 5) is 24.2. The number of halogens is 1. The molecule has 10 heteroatoms. The van der Waals surface area contributed by atoms with E-state index in [9.17, 15) is 23.1 Å². The van der Waals surface area contributed by atoms with E-state index in [1.807, 2.05) is 0 Å². The smallest absolute Gasteiger partial charge is 0.251 e. The van der Waals surface area contributed by atoms with Gasteiger partial charge in [0.2, 0.25) is 15.9 Å². The Balaban J connectivity index is 1.92. The number of sulfonamides is 1. The number of hydrogen-bond acceptors (Lipinski definition) is 5. The molecule has 8 nitrogen and oxygen atoms in total. The molecule has 2 aromatic carbocycles. The quantitative estimate of drug-likeness (QED) is 0.366. The molecule has 0 saturated heterocycles. The Bertz CT molecular complexity index is 1020. The van der Waals surface area contributed by atoms with Crippen molar-refractivity contribution in [3.63, 3.8) is 0 Å². The van der Waals surface area contributed by atoms with Crippen molar-refractivity contribution in [1.29, 1.82) is 0 Å². The van der Waals surface area contributed by atoms with Gasteiger partial charge in [0.05, 0.1) is 10.6 Å². The van der Waals surface area contributed by atoms with E-state index in [0.717, 1.165) is 0 Å². The molecule has 168 valence electrons. The number of hydrogen-bond donors (Lipinski definition) is 3. The minimum absolute atomic E-state index is 0.0143. The van der Waals surface area contributed by atoms with Gasteiger partial charge in [0.15, 0.2) is 0 Å². The molecule has 0 aliphatic carbocycles. The predicted molar refractivity (Wildman–Crippen MR) is 120 cm³/mol. The first-order valence-electron chi connectivity index (χ1n) is 9.85. The van der Waals surface area contributed by atoms with Crippen molar-refractivity contribution in [2.24, 2.45) is 0 Å². The van der Waals surface area contributed by atoms with Gasteiger partial charge in [-0.15, -0.1) is 0 Å². The third kappa shape index (κ3) is 6.68. The number of aromatic hydroxyl groups is 1. The fourth-order valence-electron chi connectivity index (χ4n) is 2.86. The van der Waals surface area contributed by atoms with Crippen LogP contribution in [-0.4, -0.2) is 49.3 Å². The van der Waals surface area contributed by atoms with Crippen molar-refractivity contribution >= 4 is 39.1 Å². The van der Waals surface area contributed by atoms with E-state index >= 15 is 0 Å². The van der Waals surface area contributed by atoms with E-state index in [-0.39, 0.29) is 35.2 Å². The second-order valence-electron chi connectivity index (χ2n) is 6.68. The van der Waals surface area contributed by atoms with E-state index < -0.39 is 15.9 Å². The van der Waals surface area contributed by atoms with Gasteiger partial charge in [-0.2, -0.15) is 4.31 Å². The minimum atomic E-state index is -3.72. The molecule has 0 aliphatic rings. The summed E-state index contributed by atoms with van der Waals surface area (Å²) in [5.41, 5.74) is 0.480. The van der Waals surface area contributed by atoms with Gasteiger partial charge >= 0.3 is 0 Å². The van der Waals surface area contributed by atoms with Crippen molar-refractivity contribution in [3.05, 3.63) is 53.1 Å². The van der Waals surface area contributed by atoms with Crippen LogP contribution in [0.1, 0.15) is 37.0 Å². The van der Waals surface area contributed by atoms with E-state index in [1.165, 1.54) is 22.5 Å². The second-order valence-corrected chi connectivity index (χ2v) is 9.06. The number of nitrogens with zero attached hydrogens (tertiary/aromatic N) is 1. The van der Waals surface area contributed by atoms with Crippen molar-refractivity contribution in [3.8, 4) is 5.75 Å². The maximum Gasteiger partial charge on any atom is 0.251 e. The molecule has 0 unspecified atom stereocenters. The molecule has 0 spiro atoms. The topological polar surface area (TPSA) is 116 Å². The van der Waals surface area contributed by atoms with E-state index in [0.29, 0.717) is 30.1 Å². The van der Waals surface area contributed by atoms with Gasteiger partial charge in [0, 0.05) is 36.6 Å². The Morgan fingerprint density at radius 1 is 1.06 bits per heavy atom. The van der Waals surface area contributed by atoms with Crippen LogP contribution in [0.5, 0.6) is 5.75 Å². The lowest BCUT2D eigenvalue weighted by atomic mass is 10.2. The van der Waals surface area contributed by atoms with Crippen LogP contribution in [0.4, 0.5) is 5.69 Å². The maximum atomic E-state index is 12.6. The lowest BCUT2D eigenvalue weighted by molar-refractivity contribution is -0.116. The molecule has 0 aliphatic heterocycles. The van der Waals surface area contributed by atoms with Crippen molar-refractivity contribution in [2.45, 2.75) is 31.6 Å². The van der Waals surface area contributed by atoms with Gasteiger partial charge in [-0.1, -0.05) is 25.4 Å². The van der Waals surface area contributed by atoms with Crippen LogP contribution in [-0.2, 0) is 14.8 Å². The number of anilines is 1. The number of carbonyl (C=O) groups is 2. The third-order valence-corrected chi connectivity index (χ3v) is 6.86. The van der Waals surface area contributed by atoms with Crippen LogP contribution in [0.15, 0.2) is 47.4 Å². The molecule has 0 aromatic heterocycles. The second kappa shape index (κ2) is 11.1. The van der Waals surface area contributed by atoms with Crippen molar-refractivity contribution < 1.29 is 23.1 Å². The van der Waals surface area contributed by atoms with Gasteiger partial charge in [-0.3, -0.25) is 9.59 Å². The molecule has 0 heterocycles. The lowest BCUT2D eigenvalue weighted by Crippen LogP contribution is -2.30. The molecule has 2 rings (SSSR count). The highest BCUT2D eigenvalue weighted by atomic mass is 35.5. The summed E-state index contributed by atoms with van der Waals surface area (Å²) in [5.74, 6) is -0.916. The molecule has 2 amide bonds. The van der Waals surface area contributed by atoms with Crippen LogP contribution in [0.3, 0.4) is 0 Å². The Morgan fingerprint density at radius 2 is 1.71 bits per heavy atom. The molecule has 0 atom stereocenters. The number of nitrogens with one attached hydrogen (secondary N) is 2. The highest BCUT2D eigenvalue weighted by Gasteiger charge is 2.23. The molecule has 0 fully saturated rings. The maximum absolute atomic E-state index is 12.6. The van der Waals surface area contributed by atoms with E-state index in [1.54, 1.807) is 38.1 Å². The summed E-state index contributed by atoms with van der Waals surface area (Å²) in [5, 5.41) is 15.8. The Kier molecular flexibility index (Phi) is 8.85. The zero-order chi connectivity index (χ0) is 23.0. The summed E-state index contributed by atoms with van der Waals surface area (Å²) < 4.78 is 26.6. The van der Waals surface area contributed by atoms with Gasteiger partial charge in [-0.05, 0) is 48.9 Å². The van der Waals surface area contributed by atoms with Crippen LogP contribution in [0.25, 0.3) is 0 Å². The highest BCUT2D eigenvalue weighted by molar-refractivity contribution is 7.89. The van der Waals surface area contributed by atoms with Crippen molar-refractivity contribution in [1.82, 2.24) is 9.62 Å². The van der Waals surface area contributed by atoms with Gasteiger partial charge < -0.3 is 15.7 Å². The number of phenols is 1. The Morgan fingerprint density at radius 3 is 2.32 bits per heavy atom. The third-order valence-electron chi connectivity index (χ3n) is 4.56. The van der Waals surface area contributed by atoms with Crippen LogP contribution < -0.4 is 10.6 Å². The SMILES string of the molecule is CCN(CC)S(=O)(=O)c1ccc(O)c(NC(=O)CCCNC(=O)c2ccc(Cl)cc2)c1. The summed E-state index contributed by atoms with van der Waals surface area (Å²) in [6.45, 7) is 4.36. The molecular weight excluding hydrogens is 442 g/mol. The first-order chi connectivity index (χ1) is 14.7. The Hall–Kier alpha value is -2.62. The first kappa shape index (κ1) is 24.6. The van der Waals surface area contributed by atoms with E-state index in [4.69, 9.17) is 11.6 Å². The molecule has 0 radical (unpaired) electrons. The number of phenolic OH excluding ortho intramolecular Hbond substituents is 1. The summed E-state index contributed by atoms with van der Waals surface area (Å²) in [6, 6.07) is 10.2. The summed E-state index contributed by atoms with van der Waals surface area (Å²) >= 11 is 5.79. The van der Waals surface area contributed by atoms with Gasteiger partial charge in [0.25, 0.3) is 5.91 Å². The standard InChI is InChI=1S/C21H26ClN3O5S/c1-3-25(4-2)31(29,30)17-11-12-19(26)18(14-17)24-20(27)6-5-13-23-21(28)15-7-9-16(22)10-8-15/h7-12,14,26H,3-6,13H2,1-2H3,(H,23,28)(H,24,27). The van der Waals surface area contributed by atoms with Crippen LogP contribution in [0.2, 0.25) is 5.02 Å². The highest BCUT2D eigenvalue weighted by Crippen LogP contribution is 2.28. The van der Waals surface area contributed by atoms with Crippen LogP contribution in [0, 0.1) is 0 Å². The molecule has 3 N–H and O–H groups in total. The first-order valence-corrected chi connectivity index (χ1v) is 11.7. The largest absolute Gasteiger partial charge is 0.506 e. The Labute approximate surface area is 187 Å². The summed E-state index contributed by atoms with van der Waals surface area (Å²) in [7, 11) is -3.72. The number of benzene rings is 2. The minimum Gasteiger partial charge on any atom is -0.506 e. The summed E-state index contributed by atoms with van der Waals surface area (Å²) in [6.07, 6.45) is 0.441. The number of amides is 2. The molecule has 2 aromatic rings. The molecular formula is C21H26ClN3O5S. The average molecular weight is 468 g/mol.